The quantitative estimate of drug-likeness (QED) is 0.799. The first-order valence-electron chi connectivity index (χ1n) is 8.25. The molecule has 24 heavy (non-hydrogen) atoms. The Labute approximate surface area is 141 Å². The Balaban J connectivity index is 1.63. The first-order chi connectivity index (χ1) is 11.6. The molecule has 0 radical (unpaired) electrons. The number of nitrogens with zero attached hydrogens (tertiary/aromatic N) is 2. The summed E-state index contributed by atoms with van der Waals surface area (Å²) >= 11 is 0. The fourth-order valence-corrected chi connectivity index (χ4v) is 3.02. The van der Waals surface area contributed by atoms with Gasteiger partial charge in [0.15, 0.2) is 5.82 Å². The van der Waals surface area contributed by atoms with Crippen molar-refractivity contribution in [3.63, 3.8) is 0 Å². The van der Waals surface area contributed by atoms with E-state index in [1.165, 1.54) is 0 Å². The highest BCUT2D eigenvalue weighted by atomic mass is 16.3. The second-order valence-electron chi connectivity index (χ2n) is 6.35. The van der Waals surface area contributed by atoms with E-state index in [4.69, 9.17) is 5.73 Å². The van der Waals surface area contributed by atoms with E-state index in [0.29, 0.717) is 23.8 Å². The lowest BCUT2D eigenvalue weighted by molar-refractivity contribution is 0.00526. The van der Waals surface area contributed by atoms with E-state index in [2.05, 4.69) is 15.3 Å². The van der Waals surface area contributed by atoms with E-state index in [0.717, 1.165) is 37.7 Å². The van der Waals surface area contributed by atoms with Gasteiger partial charge in [0.2, 0.25) is 0 Å². The van der Waals surface area contributed by atoms with Gasteiger partial charge in [0.1, 0.15) is 5.82 Å². The molecule has 6 nitrogen and oxygen atoms in total. The third-order valence-electron chi connectivity index (χ3n) is 4.44. The Hall–Kier alpha value is -2.47. The highest BCUT2D eigenvalue weighted by Gasteiger charge is 2.29. The zero-order valence-corrected chi connectivity index (χ0v) is 13.5. The Morgan fingerprint density at radius 1 is 1.17 bits per heavy atom. The van der Waals surface area contributed by atoms with Gasteiger partial charge in [-0.1, -0.05) is 31.4 Å². The molecular formula is C18H22N4O2. The van der Waals surface area contributed by atoms with Gasteiger partial charge in [-0.15, -0.1) is 0 Å². The lowest BCUT2D eigenvalue weighted by Crippen LogP contribution is -2.44. The van der Waals surface area contributed by atoms with Gasteiger partial charge in [-0.25, -0.2) is 9.97 Å². The first kappa shape index (κ1) is 16.4. The molecule has 0 unspecified atom stereocenters. The fourth-order valence-electron chi connectivity index (χ4n) is 3.02. The van der Waals surface area contributed by atoms with Crippen molar-refractivity contribution >= 4 is 11.7 Å². The van der Waals surface area contributed by atoms with E-state index in [-0.39, 0.29) is 5.91 Å². The molecule has 1 fully saturated rings. The maximum Gasteiger partial charge on any atom is 0.251 e. The molecule has 1 aliphatic rings. The molecule has 1 aliphatic carbocycles. The number of hydrogen-bond donors (Lipinski definition) is 3. The topological polar surface area (TPSA) is 101 Å². The van der Waals surface area contributed by atoms with Crippen molar-refractivity contribution in [3.8, 4) is 11.4 Å². The van der Waals surface area contributed by atoms with E-state index in [9.17, 15) is 9.90 Å². The van der Waals surface area contributed by atoms with Gasteiger partial charge in [-0.2, -0.15) is 0 Å². The second-order valence-corrected chi connectivity index (χ2v) is 6.35. The lowest BCUT2D eigenvalue weighted by atomic mass is 9.85. The Morgan fingerprint density at radius 2 is 1.88 bits per heavy atom. The van der Waals surface area contributed by atoms with Gasteiger partial charge in [-0.3, -0.25) is 4.79 Å². The number of rotatable bonds is 4. The SMILES string of the molecule is Nc1ccnc(-c2ccc(C(=O)NCC3(O)CCCCC3)cc2)n1. The molecule has 3 rings (SSSR count). The predicted molar refractivity (Wildman–Crippen MR) is 92.2 cm³/mol. The number of benzene rings is 1. The zero-order chi connectivity index (χ0) is 17.0. The number of nitrogens with one attached hydrogen (secondary N) is 1. The lowest BCUT2D eigenvalue weighted by Gasteiger charge is -2.32. The summed E-state index contributed by atoms with van der Waals surface area (Å²) in [6, 6.07) is 8.66. The highest BCUT2D eigenvalue weighted by Crippen LogP contribution is 2.27. The maximum absolute atomic E-state index is 12.3. The summed E-state index contributed by atoms with van der Waals surface area (Å²) in [7, 11) is 0. The van der Waals surface area contributed by atoms with Crippen molar-refractivity contribution in [1.82, 2.24) is 15.3 Å². The van der Waals surface area contributed by atoms with Crippen LogP contribution < -0.4 is 11.1 Å². The van der Waals surface area contributed by atoms with Gasteiger partial charge in [0, 0.05) is 23.9 Å². The van der Waals surface area contributed by atoms with Crippen LogP contribution in [-0.4, -0.2) is 33.1 Å². The van der Waals surface area contributed by atoms with E-state index < -0.39 is 5.60 Å². The molecule has 0 atom stereocenters. The number of aliphatic hydroxyl groups is 1. The molecule has 0 saturated heterocycles. The maximum atomic E-state index is 12.3. The van der Waals surface area contributed by atoms with Crippen LogP contribution in [0, 0.1) is 0 Å². The minimum atomic E-state index is -0.761. The van der Waals surface area contributed by atoms with Crippen LogP contribution in [0.15, 0.2) is 36.5 Å². The third-order valence-corrected chi connectivity index (χ3v) is 4.44. The number of nitrogens with two attached hydrogens (primary N) is 1. The van der Waals surface area contributed by atoms with Crippen molar-refractivity contribution < 1.29 is 9.90 Å². The van der Waals surface area contributed by atoms with Gasteiger partial charge < -0.3 is 16.2 Å². The monoisotopic (exact) mass is 326 g/mol. The molecule has 1 saturated carbocycles. The van der Waals surface area contributed by atoms with E-state index in [1.54, 1.807) is 36.5 Å². The van der Waals surface area contributed by atoms with Gasteiger partial charge >= 0.3 is 0 Å². The van der Waals surface area contributed by atoms with Crippen molar-refractivity contribution in [3.05, 3.63) is 42.1 Å². The molecule has 2 aromatic rings. The van der Waals surface area contributed by atoms with Crippen molar-refractivity contribution in [2.45, 2.75) is 37.7 Å². The minimum absolute atomic E-state index is 0.186. The normalized spacial score (nSPS) is 16.5. The average Bonchev–Trinajstić information content (AvgIpc) is 2.61. The number of carbonyl (C=O) groups is 1. The summed E-state index contributed by atoms with van der Waals surface area (Å²) in [5, 5.41) is 13.3. The van der Waals surface area contributed by atoms with Crippen LogP contribution in [-0.2, 0) is 0 Å². The average molecular weight is 326 g/mol. The summed E-state index contributed by atoms with van der Waals surface area (Å²) in [6.07, 6.45) is 6.29. The van der Waals surface area contributed by atoms with Crippen LogP contribution in [0.4, 0.5) is 5.82 Å². The molecule has 0 aliphatic heterocycles. The van der Waals surface area contributed by atoms with E-state index >= 15 is 0 Å². The van der Waals surface area contributed by atoms with Crippen LogP contribution in [0.25, 0.3) is 11.4 Å². The number of nitrogen functional groups attached to an aromatic ring is 1. The zero-order valence-electron chi connectivity index (χ0n) is 13.5. The third kappa shape index (κ3) is 3.89. The summed E-state index contributed by atoms with van der Waals surface area (Å²) in [5.41, 5.74) is 6.24. The molecular weight excluding hydrogens is 304 g/mol. The summed E-state index contributed by atoms with van der Waals surface area (Å²) < 4.78 is 0. The molecule has 126 valence electrons. The molecule has 0 spiro atoms. The van der Waals surface area contributed by atoms with Gasteiger partial charge in [-0.05, 0) is 31.0 Å². The number of aromatic nitrogens is 2. The van der Waals surface area contributed by atoms with E-state index in [1.807, 2.05) is 0 Å². The van der Waals surface area contributed by atoms with Crippen LogP contribution in [0.3, 0.4) is 0 Å². The fraction of sp³-hybridized carbons (Fsp3) is 0.389. The van der Waals surface area contributed by atoms with Crippen LogP contribution in [0.5, 0.6) is 0 Å². The van der Waals surface area contributed by atoms with Crippen LogP contribution >= 0.6 is 0 Å². The minimum Gasteiger partial charge on any atom is -0.388 e. The smallest absolute Gasteiger partial charge is 0.251 e. The van der Waals surface area contributed by atoms with Crippen molar-refractivity contribution in [1.29, 1.82) is 0 Å². The molecule has 1 amide bonds. The Kier molecular flexibility index (Phi) is 4.76. The highest BCUT2D eigenvalue weighted by molar-refractivity contribution is 5.94. The summed E-state index contributed by atoms with van der Waals surface area (Å²) in [4.78, 5) is 20.6. The second kappa shape index (κ2) is 6.97. The Morgan fingerprint density at radius 3 is 2.54 bits per heavy atom. The molecule has 1 aromatic heterocycles. The van der Waals surface area contributed by atoms with Crippen LogP contribution in [0.2, 0.25) is 0 Å². The van der Waals surface area contributed by atoms with Crippen molar-refractivity contribution in [2.75, 3.05) is 12.3 Å². The van der Waals surface area contributed by atoms with Crippen molar-refractivity contribution in [2.24, 2.45) is 0 Å². The van der Waals surface area contributed by atoms with Crippen LogP contribution in [0.1, 0.15) is 42.5 Å². The van der Waals surface area contributed by atoms with Gasteiger partial charge in [0.25, 0.3) is 5.91 Å². The molecule has 4 N–H and O–H groups in total. The molecule has 6 heteroatoms. The standard InChI is InChI=1S/C18H22N4O2/c19-15-8-11-20-16(22-15)13-4-6-14(7-5-13)17(23)21-12-18(24)9-2-1-3-10-18/h4-8,11,24H,1-3,9-10,12H2,(H,21,23)(H2,19,20,22). The molecule has 1 heterocycles. The number of carbonyl (C=O) groups excluding carboxylic acids is 1. The number of anilines is 1. The summed E-state index contributed by atoms with van der Waals surface area (Å²) in [5.74, 6) is 0.745. The van der Waals surface area contributed by atoms with Gasteiger partial charge in [0.05, 0.1) is 5.60 Å². The molecule has 0 bridgehead atoms. The largest absolute Gasteiger partial charge is 0.388 e. The number of amides is 1. The predicted octanol–water partition coefficient (Wildman–Crippen LogP) is 2.15. The first-order valence-corrected chi connectivity index (χ1v) is 8.25. The molecule has 1 aromatic carbocycles. The Bertz CT molecular complexity index is 709. The number of hydrogen-bond acceptors (Lipinski definition) is 5. The summed E-state index contributed by atoms with van der Waals surface area (Å²) in [6.45, 7) is 0.298.